The summed E-state index contributed by atoms with van der Waals surface area (Å²) in [4.78, 5) is 23.5. The molecule has 2 N–H and O–H groups in total. The fraction of sp³-hybridized carbons (Fsp3) is 0.208. The molecule has 5 nitrogen and oxygen atoms in total. The van der Waals surface area contributed by atoms with Crippen molar-refractivity contribution in [2.75, 3.05) is 5.32 Å². The number of hydrogen-bond acceptors (Lipinski definition) is 3. The van der Waals surface area contributed by atoms with Crippen LogP contribution in [-0.4, -0.2) is 20.9 Å². The molecule has 1 aliphatic rings. The highest BCUT2D eigenvalue weighted by atomic mass is 19.4. The van der Waals surface area contributed by atoms with Crippen molar-refractivity contribution in [3.05, 3.63) is 77.6 Å². The van der Waals surface area contributed by atoms with Crippen LogP contribution in [0.1, 0.15) is 35.6 Å². The van der Waals surface area contributed by atoms with E-state index in [2.05, 4.69) is 26.3 Å². The molecular formula is C24H18F4N4O. The topological polar surface area (TPSA) is 70.7 Å². The standard InChI is InChI=1S/C24H18F4N4O/c25-20-6-14(17-5-16-7-21(13-1-2-13)32-23(16)30-10-17)3-4-15(20)8-22(33)31-19-9-18(11-29-12-19)24(26,27)28/h3-7,9-13H,1-2,8H2,(H,30,32)(H,31,33). The van der Waals surface area contributed by atoms with Crippen molar-refractivity contribution < 1.29 is 22.4 Å². The highest BCUT2D eigenvalue weighted by Gasteiger charge is 2.31. The molecule has 168 valence electrons. The van der Waals surface area contributed by atoms with Crippen LogP contribution in [0.2, 0.25) is 0 Å². The molecule has 9 heteroatoms. The molecule has 33 heavy (non-hydrogen) atoms. The third kappa shape index (κ3) is 4.57. The quantitative estimate of drug-likeness (QED) is 0.372. The van der Waals surface area contributed by atoms with E-state index < -0.39 is 23.5 Å². The second-order valence-corrected chi connectivity index (χ2v) is 8.15. The highest BCUT2D eigenvalue weighted by Crippen LogP contribution is 2.40. The first-order chi connectivity index (χ1) is 15.8. The van der Waals surface area contributed by atoms with Crippen molar-refractivity contribution in [3.8, 4) is 11.1 Å². The molecule has 0 aliphatic heterocycles. The number of hydrogen-bond donors (Lipinski definition) is 2. The fourth-order valence-electron chi connectivity index (χ4n) is 3.72. The minimum atomic E-state index is -4.58. The van der Waals surface area contributed by atoms with Crippen LogP contribution in [-0.2, 0) is 17.4 Å². The summed E-state index contributed by atoms with van der Waals surface area (Å²) in [5.41, 5.74) is 2.35. The maximum Gasteiger partial charge on any atom is 0.417 e. The van der Waals surface area contributed by atoms with Gasteiger partial charge in [0.15, 0.2) is 0 Å². The Labute approximate surface area is 185 Å². The number of benzene rings is 1. The van der Waals surface area contributed by atoms with Crippen molar-refractivity contribution in [2.45, 2.75) is 31.4 Å². The first-order valence-corrected chi connectivity index (χ1v) is 10.4. The number of anilines is 1. The normalized spacial score (nSPS) is 13.9. The predicted octanol–water partition coefficient (Wildman–Crippen LogP) is 5.84. The lowest BCUT2D eigenvalue weighted by atomic mass is 10.0. The number of halogens is 4. The van der Waals surface area contributed by atoms with E-state index in [0.717, 1.165) is 34.6 Å². The van der Waals surface area contributed by atoms with Crippen LogP contribution < -0.4 is 5.32 Å². The molecule has 1 aliphatic carbocycles. The number of H-pyrrole nitrogens is 1. The van der Waals surface area contributed by atoms with Gasteiger partial charge in [0.05, 0.1) is 23.9 Å². The summed E-state index contributed by atoms with van der Waals surface area (Å²) in [6, 6.07) is 9.29. The minimum absolute atomic E-state index is 0.108. The molecule has 1 fully saturated rings. The van der Waals surface area contributed by atoms with Gasteiger partial charge in [0, 0.05) is 29.0 Å². The van der Waals surface area contributed by atoms with Gasteiger partial charge in [-0.05, 0) is 54.2 Å². The summed E-state index contributed by atoms with van der Waals surface area (Å²) < 4.78 is 53.1. The van der Waals surface area contributed by atoms with E-state index in [9.17, 15) is 22.4 Å². The number of fused-ring (bicyclic) bond motifs is 1. The van der Waals surface area contributed by atoms with Gasteiger partial charge >= 0.3 is 6.18 Å². The lowest BCUT2D eigenvalue weighted by Gasteiger charge is -2.10. The van der Waals surface area contributed by atoms with E-state index in [4.69, 9.17) is 0 Å². The van der Waals surface area contributed by atoms with E-state index in [1.54, 1.807) is 12.3 Å². The minimum Gasteiger partial charge on any atom is -0.343 e. The van der Waals surface area contributed by atoms with Gasteiger partial charge in [-0.3, -0.25) is 9.78 Å². The number of carbonyl (C=O) groups excluding carboxylic acids is 1. The lowest BCUT2D eigenvalue weighted by Crippen LogP contribution is -2.16. The number of rotatable bonds is 5. The van der Waals surface area contributed by atoms with Crippen LogP contribution in [0, 0.1) is 5.82 Å². The summed E-state index contributed by atoms with van der Waals surface area (Å²) in [7, 11) is 0. The summed E-state index contributed by atoms with van der Waals surface area (Å²) in [5, 5.41) is 3.28. The average Bonchev–Trinajstić information content (AvgIpc) is 3.53. The molecule has 0 bridgehead atoms. The molecule has 0 saturated heterocycles. The molecule has 1 amide bonds. The summed E-state index contributed by atoms with van der Waals surface area (Å²) in [6.45, 7) is 0. The van der Waals surface area contributed by atoms with Gasteiger partial charge in [-0.1, -0.05) is 12.1 Å². The number of nitrogens with one attached hydrogen (secondary N) is 2. The van der Waals surface area contributed by atoms with Gasteiger partial charge in [-0.2, -0.15) is 13.2 Å². The smallest absolute Gasteiger partial charge is 0.343 e. The Morgan fingerprint density at radius 2 is 1.88 bits per heavy atom. The molecule has 4 aromatic rings. The van der Waals surface area contributed by atoms with E-state index in [-0.39, 0.29) is 17.7 Å². The van der Waals surface area contributed by atoms with Gasteiger partial charge in [-0.15, -0.1) is 0 Å². The predicted molar refractivity (Wildman–Crippen MR) is 115 cm³/mol. The maximum atomic E-state index is 14.7. The second kappa shape index (κ2) is 7.99. The largest absolute Gasteiger partial charge is 0.417 e. The Hall–Kier alpha value is -3.75. The van der Waals surface area contributed by atoms with Crippen LogP contribution in [0.25, 0.3) is 22.2 Å². The number of aromatic amines is 1. The molecule has 1 aromatic carbocycles. The van der Waals surface area contributed by atoms with Crippen LogP contribution in [0.15, 0.2) is 55.0 Å². The molecule has 3 aromatic heterocycles. The van der Waals surface area contributed by atoms with Crippen molar-refractivity contribution in [2.24, 2.45) is 0 Å². The molecule has 5 rings (SSSR count). The fourth-order valence-corrected chi connectivity index (χ4v) is 3.72. The van der Waals surface area contributed by atoms with Crippen molar-refractivity contribution in [1.29, 1.82) is 0 Å². The zero-order chi connectivity index (χ0) is 23.2. The summed E-state index contributed by atoms with van der Waals surface area (Å²) in [5.74, 6) is -0.666. The monoisotopic (exact) mass is 454 g/mol. The Morgan fingerprint density at radius 1 is 1.06 bits per heavy atom. The third-order valence-corrected chi connectivity index (χ3v) is 5.59. The van der Waals surface area contributed by atoms with E-state index >= 15 is 0 Å². The Bertz CT molecular complexity index is 1360. The Kier molecular flexibility index (Phi) is 5.11. The van der Waals surface area contributed by atoms with Crippen LogP contribution in [0.5, 0.6) is 0 Å². The number of aromatic nitrogens is 3. The zero-order valence-corrected chi connectivity index (χ0v) is 17.2. The van der Waals surface area contributed by atoms with E-state index in [0.29, 0.717) is 17.7 Å². The van der Waals surface area contributed by atoms with E-state index in [1.165, 1.54) is 25.0 Å². The van der Waals surface area contributed by atoms with Crippen molar-refractivity contribution in [3.63, 3.8) is 0 Å². The average molecular weight is 454 g/mol. The highest BCUT2D eigenvalue weighted by molar-refractivity contribution is 5.92. The molecule has 0 radical (unpaired) electrons. The Morgan fingerprint density at radius 3 is 2.61 bits per heavy atom. The van der Waals surface area contributed by atoms with Crippen LogP contribution >= 0.6 is 0 Å². The first-order valence-electron chi connectivity index (χ1n) is 10.4. The van der Waals surface area contributed by atoms with Gasteiger partial charge in [0.2, 0.25) is 5.91 Å². The molecule has 0 atom stereocenters. The SMILES string of the molecule is O=C(Cc1ccc(-c2cnc3[nH]c(C4CC4)cc3c2)cc1F)Nc1cncc(C(F)(F)F)c1. The molecule has 0 unspecified atom stereocenters. The molecule has 0 spiro atoms. The Balaban J connectivity index is 1.31. The van der Waals surface area contributed by atoms with Crippen LogP contribution in [0.3, 0.4) is 0 Å². The number of pyridine rings is 2. The van der Waals surface area contributed by atoms with Gasteiger partial charge < -0.3 is 10.3 Å². The zero-order valence-electron chi connectivity index (χ0n) is 17.2. The van der Waals surface area contributed by atoms with Gasteiger partial charge in [0.1, 0.15) is 11.5 Å². The lowest BCUT2D eigenvalue weighted by molar-refractivity contribution is -0.137. The third-order valence-electron chi connectivity index (χ3n) is 5.59. The number of alkyl halides is 3. The summed E-state index contributed by atoms with van der Waals surface area (Å²) in [6.07, 6.45) is 0.868. The number of nitrogens with zero attached hydrogens (tertiary/aromatic N) is 2. The molecule has 1 saturated carbocycles. The molecule has 3 heterocycles. The van der Waals surface area contributed by atoms with Gasteiger partial charge in [-0.25, -0.2) is 9.37 Å². The number of amides is 1. The number of carbonyl (C=O) groups is 1. The van der Waals surface area contributed by atoms with Crippen LogP contribution in [0.4, 0.5) is 23.2 Å². The summed E-state index contributed by atoms with van der Waals surface area (Å²) >= 11 is 0. The van der Waals surface area contributed by atoms with E-state index in [1.807, 2.05) is 6.07 Å². The first kappa shape index (κ1) is 21.1. The van der Waals surface area contributed by atoms with Crippen molar-refractivity contribution >= 4 is 22.6 Å². The maximum absolute atomic E-state index is 14.7. The second-order valence-electron chi connectivity index (χ2n) is 8.15. The van der Waals surface area contributed by atoms with Crippen molar-refractivity contribution in [1.82, 2.24) is 15.0 Å². The molecular weight excluding hydrogens is 436 g/mol. The van der Waals surface area contributed by atoms with Gasteiger partial charge in [0.25, 0.3) is 0 Å².